The molecule has 3 heteroatoms. The summed E-state index contributed by atoms with van der Waals surface area (Å²) in [6, 6.07) is 8.40. The van der Waals surface area contributed by atoms with Gasteiger partial charge >= 0.3 is 5.63 Å². The Morgan fingerprint density at radius 1 is 1.15 bits per heavy atom. The van der Waals surface area contributed by atoms with Crippen molar-refractivity contribution in [2.75, 3.05) is 0 Å². The van der Waals surface area contributed by atoms with Crippen LogP contribution in [0, 0.1) is 0 Å². The van der Waals surface area contributed by atoms with Crippen molar-refractivity contribution in [1.29, 1.82) is 0 Å². The van der Waals surface area contributed by atoms with Crippen molar-refractivity contribution in [3.8, 4) is 11.3 Å². The molecule has 0 atom stereocenters. The lowest BCUT2D eigenvalue weighted by atomic mass is 10.2. The lowest BCUT2D eigenvalue weighted by Crippen LogP contribution is -1.95. The Kier molecular flexibility index (Phi) is 1.92. The smallest absolute Gasteiger partial charge is 0.336 e. The molecule has 0 aliphatic rings. The summed E-state index contributed by atoms with van der Waals surface area (Å²) in [5.74, 6) is 0.542. The average molecular weight is 173 g/mol. The Morgan fingerprint density at radius 2 is 2.08 bits per heavy atom. The molecule has 0 amide bonds. The van der Waals surface area contributed by atoms with Crippen LogP contribution in [-0.4, -0.2) is 4.98 Å². The van der Waals surface area contributed by atoms with E-state index in [0.717, 1.165) is 5.56 Å². The monoisotopic (exact) mass is 173 g/mol. The highest BCUT2D eigenvalue weighted by Crippen LogP contribution is 2.14. The number of hydrogen-bond acceptors (Lipinski definition) is 3. The zero-order valence-electron chi connectivity index (χ0n) is 6.81. The summed E-state index contributed by atoms with van der Waals surface area (Å²) in [7, 11) is 0. The average Bonchev–Trinajstić information content (AvgIpc) is 2.19. The van der Waals surface area contributed by atoms with Crippen molar-refractivity contribution < 1.29 is 4.42 Å². The molecule has 0 aromatic carbocycles. The van der Waals surface area contributed by atoms with Gasteiger partial charge in [-0.2, -0.15) is 0 Å². The van der Waals surface area contributed by atoms with Crippen molar-refractivity contribution in [3.05, 3.63) is 53.1 Å². The SMILES string of the molecule is O=c1cccc(-c2cccnc2)o1. The molecule has 3 nitrogen and oxygen atoms in total. The van der Waals surface area contributed by atoms with E-state index in [1.807, 2.05) is 6.07 Å². The maximum Gasteiger partial charge on any atom is 0.336 e. The van der Waals surface area contributed by atoms with E-state index >= 15 is 0 Å². The minimum atomic E-state index is -0.346. The minimum absolute atomic E-state index is 0.346. The van der Waals surface area contributed by atoms with Crippen molar-refractivity contribution in [3.63, 3.8) is 0 Å². The van der Waals surface area contributed by atoms with Crippen LogP contribution in [0.15, 0.2) is 51.9 Å². The highest BCUT2D eigenvalue weighted by atomic mass is 16.4. The number of hydrogen-bond donors (Lipinski definition) is 0. The Balaban J connectivity index is 2.54. The normalized spacial score (nSPS) is 9.85. The molecule has 0 radical (unpaired) electrons. The van der Waals surface area contributed by atoms with Gasteiger partial charge in [-0.3, -0.25) is 4.98 Å². The van der Waals surface area contributed by atoms with Gasteiger partial charge < -0.3 is 4.42 Å². The summed E-state index contributed by atoms with van der Waals surface area (Å²) in [6.07, 6.45) is 3.32. The highest BCUT2D eigenvalue weighted by molar-refractivity contribution is 5.54. The van der Waals surface area contributed by atoms with Crippen LogP contribution in [0.5, 0.6) is 0 Å². The van der Waals surface area contributed by atoms with E-state index in [9.17, 15) is 4.79 Å². The van der Waals surface area contributed by atoms with Crippen LogP contribution in [-0.2, 0) is 0 Å². The molecule has 2 heterocycles. The van der Waals surface area contributed by atoms with E-state index in [1.54, 1.807) is 30.6 Å². The lowest BCUT2D eigenvalue weighted by Gasteiger charge is -1.96. The Morgan fingerprint density at radius 3 is 2.77 bits per heavy atom. The van der Waals surface area contributed by atoms with Gasteiger partial charge in [0, 0.05) is 24.0 Å². The first-order valence-electron chi connectivity index (χ1n) is 3.87. The molecule has 0 unspecified atom stereocenters. The fourth-order valence-electron chi connectivity index (χ4n) is 1.05. The van der Waals surface area contributed by atoms with Gasteiger partial charge in [0.05, 0.1) is 0 Å². The second-order valence-corrected chi connectivity index (χ2v) is 2.55. The maximum absolute atomic E-state index is 10.9. The van der Waals surface area contributed by atoms with E-state index in [4.69, 9.17) is 4.42 Å². The summed E-state index contributed by atoms with van der Waals surface area (Å²) in [6.45, 7) is 0. The van der Waals surface area contributed by atoms with Crippen LogP contribution in [0.2, 0.25) is 0 Å². The van der Waals surface area contributed by atoms with Gasteiger partial charge in [-0.25, -0.2) is 4.79 Å². The Bertz CT molecular complexity index is 448. The van der Waals surface area contributed by atoms with Crippen LogP contribution in [0.4, 0.5) is 0 Å². The molecule has 0 fully saturated rings. The second kappa shape index (κ2) is 3.23. The molecule has 2 rings (SSSR count). The van der Waals surface area contributed by atoms with Crippen LogP contribution in [0.1, 0.15) is 0 Å². The van der Waals surface area contributed by atoms with E-state index in [0.29, 0.717) is 5.76 Å². The lowest BCUT2D eigenvalue weighted by molar-refractivity contribution is 0.525. The van der Waals surface area contributed by atoms with Crippen molar-refractivity contribution in [2.45, 2.75) is 0 Å². The van der Waals surface area contributed by atoms with E-state index in [-0.39, 0.29) is 5.63 Å². The van der Waals surface area contributed by atoms with E-state index < -0.39 is 0 Å². The number of nitrogens with zero attached hydrogens (tertiary/aromatic N) is 1. The topological polar surface area (TPSA) is 43.1 Å². The van der Waals surface area contributed by atoms with Gasteiger partial charge in [-0.1, -0.05) is 6.07 Å². The van der Waals surface area contributed by atoms with Gasteiger partial charge in [-0.15, -0.1) is 0 Å². The third-order valence-corrected chi connectivity index (χ3v) is 1.64. The predicted octanol–water partition coefficient (Wildman–Crippen LogP) is 1.70. The molecule has 0 spiro atoms. The van der Waals surface area contributed by atoms with E-state index in [2.05, 4.69) is 4.98 Å². The van der Waals surface area contributed by atoms with Crippen LogP contribution < -0.4 is 5.63 Å². The van der Waals surface area contributed by atoms with Crippen LogP contribution in [0.3, 0.4) is 0 Å². The molecule has 0 bridgehead atoms. The molecule has 0 saturated heterocycles. The second-order valence-electron chi connectivity index (χ2n) is 2.55. The van der Waals surface area contributed by atoms with Gasteiger partial charge in [0.15, 0.2) is 0 Å². The summed E-state index contributed by atoms with van der Waals surface area (Å²) in [5.41, 5.74) is 0.460. The number of aromatic nitrogens is 1. The first-order chi connectivity index (χ1) is 6.36. The quantitative estimate of drug-likeness (QED) is 0.659. The summed E-state index contributed by atoms with van der Waals surface area (Å²) >= 11 is 0. The Labute approximate surface area is 74.7 Å². The predicted molar refractivity (Wildman–Crippen MR) is 48.2 cm³/mol. The van der Waals surface area contributed by atoms with Gasteiger partial charge in [0.25, 0.3) is 0 Å². The molecule has 0 aliphatic heterocycles. The number of pyridine rings is 1. The van der Waals surface area contributed by atoms with E-state index in [1.165, 1.54) is 6.07 Å². The molecule has 13 heavy (non-hydrogen) atoms. The van der Waals surface area contributed by atoms with Crippen molar-refractivity contribution in [2.24, 2.45) is 0 Å². The summed E-state index contributed by atoms with van der Waals surface area (Å²) in [4.78, 5) is 14.8. The fourth-order valence-corrected chi connectivity index (χ4v) is 1.05. The molecular formula is C10H7NO2. The number of rotatable bonds is 1. The van der Waals surface area contributed by atoms with Crippen LogP contribution >= 0.6 is 0 Å². The summed E-state index contributed by atoms with van der Waals surface area (Å²) in [5, 5.41) is 0. The third kappa shape index (κ3) is 1.64. The Hall–Kier alpha value is -1.90. The van der Waals surface area contributed by atoms with Gasteiger partial charge in [-0.05, 0) is 18.2 Å². The zero-order chi connectivity index (χ0) is 9.10. The largest absolute Gasteiger partial charge is 0.423 e. The molecule has 64 valence electrons. The third-order valence-electron chi connectivity index (χ3n) is 1.64. The molecule has 2 aromatic heterocycles. The standard InChI is InChI=1S/C10H7NO2/c12-10-5-1-4-9(13-10)8-3-2-6-11-7-8/h1-7H. The van der Waals surface area contributed by atoms with Gasteiger partial charge in [0.2, 0.25) is 0 Å². The zero-order valence-corrected chi connectivity index (χ0v) is 6.81. The molecule has 0 N–H and O–H groups in total. The molecular weight excluding hydrogens is 166 g/mol. The van der Waals surface area contributed by atoms with Gasteiger partial charge in [0.1, 0.15) is 5.76 Å². The molecule has 0 aliphatic carbocycles. The van der Waals surface area contributed by atoms with Crippen LogP contribution in [0.25, 0.3) is 11.3 Å². The summed E-state index contributed by atoms with van der Waals surface area (Å²) < 4.78 is 4.97. The highest BCUT2D eigenvalue weighted by Gasteiger charge is 1.98. The van der Waals surface area contributed by atoms with Crippen molar-refractivity contribution in [1.82, 2.24) is 4.98 Å². The minimum Gasteiger partial charge on any atom is -0.423 e. The first-order valence-corrected chi connectivity index (χ1v) is 3.87. The maximum atomic E-state index is 10.9. The molecule has 0 saturated carbocycles. The molecule has 2 aromatic rings. The first kappa shape index (κ1) is 7.73. The van der Waals surface area contributed by atoms with Crippen molar-refractivity contribution >= 4 is 0 Å². The fraction of sp³-hybridized carbons (Fsp3) is 0.